The van der Waals surface area contributed by atoms with E-state index < -0.39 is 18.5 Å². The first-order valence-corrected chi connectivity index (χ1v) is 10.2. The highest BCUT2D eigenvalue weighted by molar-refractivity contribution is 9.10. The molecule has 0 unspecified atom stereocenters. The molecule has 1 amide bonds. The molecule has 3 aromatic rings. The highest BCUT2D eigenvalue weighted by Crippen LogP contribution is 2.20. The lowest BCUT2D eigenvalue weighted by atomic mass is 9.98. The molecule has 0 saturated carbocycles. The Kier molecular flexibility index (Phi) is 7.20. The first-order valence-electron chi connectivity index (χ1n) is 9.40. The fourth-order valence-corrected chi connectivity index (χ4v) is 3.13. The maximum Gasteiger partial charge on any atom is 0.339 e. The van der Waals surface area contributed by atoms with Crippen molar-refractivity contribution < 1.29 is 23.9 Å². The number of amides is 1. The number of ether oxygens (including phenoxy) is 2. The van der Waals surface area contributed by atoms with E-state index in [0.717, 1.165) is 10.0 Å². The molecule has 0 atom stereocenters. The molecule has 0 saturated heterocycles. The molecule has 3 aromatic carbocycles. The van der Waals surface area contributed by atoms with Gasteiger partial charge in [0.25, 0.3) is 5.91 Å². The monoisotopic (exact) mass is 481 g/mol. The van der Waals surface area contributed by atoms with E-state index in [9.17, 15) is 14.4 Å². The predicted octanol–water partition coefficient (Wildman–Crippen LogP) is 4.79. The quantitative estimate of drug-likeness (QED) is 0.387. The van der Waals surface area contributed by atoms with Gasteiger partial charge in [-0.25, -0.2) is 4.79 Å². The molecule has 0 fully saturated rings. The van der Waals surface area contributed by atoms with Crippen LogP contribution in [0, 0.1) is 6.92 Å². The highest BCUT2D eigenvalue weighted by atomic mass is 79.9. The molecule has 0 aliphatic rings. The van der Waals surface area contributed by atoms with Crippen LogP contribution in [-0.4, -0.2) is 31.4 Å². The second-order valence-corrected chi connectivity index (χ2v) is 7.55. The van der Waals surface area contributed by atoms with E-state index in [1.54, 1.807) is 54.6 Å². The topological polar surface area (TPSA) is 81.7 Å². The normalized spacial score (nSPS) is 10.3. The molecule has 158 valence electrons. The van der Waals surface area contributed by atoms with E-state index in [4.69, 9.17) is 9.47 Å². The van der Waals surface area contributed by atoms with Gasteiger partial charge in [-0.05, 0) is 61.0 Å². The summed E-state index contributed by atoms with van der Waals surface area (Å²) in [6, 6.07) is 18.3. The Balaban J connectivity index is 1.68. The van der Waals surface area contributed by atoms with Crippen LogP contribution < -0.4 is 10.1 Å². The number of hydrogen-bond donors (Lipinski definition) is 1. The Labute approximate surface area is 188 Å². The number of benzene rings is 3. The van der Waals surface area contributed by atoms with Crippen molar-refractivity contribution in [2.24, 2.45) is 0 Å². The van der Waals surface area contributed by atoms with Crippen molar-refractivity contribution in [3.63, 3.8) is 0 Å². The minimum atomic E-state index is -0.750. The Hall–Kier alpha value is -3.45. The Morgan fingerprint density at radius 3 is 2.26 bits per heavy atom. The molecule has 0 bridgehead atoms. The number of nitrogens with one attached hydrogen (secondary N) is 1. The summed E-state index contributed by atoms with van der Waals surface area (Å²) in [6.07, 6.45) is 0. The van der Waals surface area contributed by atoms with Crippen molar-refractivity contribution in [1.82, 2.24) is 0 Å². The van der Waals surface area contributed by atoms with Gasteiger partial charge in [-0.2, -0.15) is 0 Å². The van der Waals surface area contributed by atoms with Crippen LogP contribution in [0.25, 0.3) is 0 Å². The zero-order valence-corrected chi connectivity index (χ0v) is 18.6. The number of methoxy groups -OCH3 is 1. The minimum Gasteiger partial charge on any atom is -0.497 e. The number of anilines is 1. The summed E-state index contributed by atoms with van der Waals surface area (Å²) < 4.78 is 11.2. The van der Waals surface area contributed by atoms with E-state index in [2.05, 4.69) is 21.2 Å². The fourth-order valence-electron chi connectivity index (χ4n) is 2.89. The van der Waals surface area contributed by atoms with Gasteiger partial charge in [0.15, 0.2) is 12.4 Å². The van der Waals surface area contributed by atoms with Crippen molar-refractivity contribution in [3.05, 3.63) is 93.5 Å². The van der Waals surface area contributed by atoms with Crippen molar-refractivity contribution >= 4 is 39.3 Å². The molecule has 7 heteroatoms. The van der Waals surface area contributed by atoms with Crippen LogP contribution >= 0.6 is 15.9 Å². The van der Waals surface area contributed by atoms with E-state index in [-0.39, 0.29) is 16.9 Å². The zero-order valence-electron chi connectivity index (χ0n) is 17.0. The largest absolute Gasteiger partial charge is 0.497 e. The first-order chi connectivity index (χ1) is 14.9. The fraction of sp³-hybridized carbons (Fsp3) is 0.125. The molecule has 0 aromatic heterocycles. The van der Waals surface area contributed by atoms with Gasteiger partial charge in [-0.15, -0.1) is 0 Å². The average molecular weight is 482 g/mol. The average Bonchev–Trinajstić information content (AvgIpc) is 2.79. The number of esters is 1. The van der Waals surface area contributed by atoms with E-state index in [1.807, 2.05) is 13.0 Å². The first kappa shape index (κ1) is 22.2. The van der Waals surface area contributed by atoms with Gasteiger partial charge in [0, 0.05) is 21.3 Å². The van der Waals surface area contributed by atoms with E-state index in [1.165, 1.54) is 13.2 Å². The Morgan fingerprint density at radius 2 is 1.61 bits per heavy atom. The number of carbonyl (C=O) groups is 3. The second kappa shape index (κ2) is 10.0. The molecule has 0 heterocycles. The van der Waals surface area contributed by atoms with Gasteiger partial charge in [0.05, 0.1) is 12.7 Å². The molecule has 0 aliphatic carbocycles. The van der Waals surface area contributed by atoms with Gasteiger partial charge in [0.2, 0.25) is 0 Å². The number of ketones is 1. The van der Waals surface area contributed by atoms with Crippen LogP contribution in [0.4, 0.5) is 5.69 Å². The molecule has 0 spiro atoms. The summed E-state index contributed by atoms with van der Waals surface area (Å²) >= 11 is 3.40. The Bertz CT molecular complexity index is 1130. The molecule has 31 heavy (non-hydrogen) atoms. The molecule has 0 radical (unpaired) electrons. The summed E-state index contributed by atoms with van der Waals surface area (Å²) in [7, 11) is 1.54. The number of aryl methyl sites for hydroxylation is 1. The minimum absolute atomic E-state index is 0.0932. The molecule has 6 nitrogen and oxygen atoms in total. The lowest BCUT2D eigenvalue weighted by Crippen LogP contribution is -2.22. The lowest BCUT2D eigenvalue weighted by Gasteiger charge is -2.10. The third-order valence-corrected chi connectivity index (χ3v) is 5.41. The van der Waals surface area contributed by atoms with Gasteiger partial charge < -0.3 is 14.8 Å². The van der Waals surface area contributed by atoms with Crippen molar-refractivity contribution in [2.45, 2.75) is 6.92 Å². The second-order valence-electron chi connectivity index (χ2n) is 6.69. The van der Waals surface area contributed by atoms with Crippen LogP contribution in [0.3, 0.4) is 0 Å². The van der Waals surface area contributed by atoms with Crippen LogP contribution in [0.1, 0.15) is 31.8 Å². The molecule has 1 N–H and O–H groups in total. The Morgan fingerprint density at radius 1 is 0.935 bits per heavy atom. The van der Waals surface area contributed by atoms with Crippen molar-refractivity contribution in [2.75, 3.05) is 19.0 Å². The predicted molar refractivity (Wildman–Crippen MR) is 121 cm³/mol. The van der Waals surface area contributed by atoms with Crippen LogP contribution in [-0.2, 0) is 9.53 Å². The van der Waals surface area contributed by atoms with Crippen LogP contribution in [0.15, 0.2) is 71.2 Å². The van der Waals surface area contributed by atoms with Crippen molar-refractivity contribution in [3.8, 4) is 5.75 Å². The van der Waals surface area contributed by atoms with Crippen LogP contribution in [0.5, 0.6) is 5.75 Å². The van der Waals surface area contributed by atoms with Gasteiger partial charge in [0.1, 0.15) is 5.75 Å². The maximum absolute atomic E-state index is 12.9. The number of hydrogen-bond acceptors (Lipinski definition) is 5. The molecule has 0 aliphatic heterocycles. The molecular formula is C24H20BrNO5. The van der Waals surface area contributed by atoms with Crippen LogP contribution in [0.2, 0.25) is 0 Å². The maximum atomic E-state index is 12.9. The standard InChI is InChI=1S/C24H20BrNO5/c1-15-13-17(9-12-21(15)25)26-22(27)14-31-24(29)20-6-4-3-5-19(20)23(28)16-7-10-18(30-2)11-8-16/h3-13H,14H2,1-2H3,(H,26,27). The molecule has 3 rings (SSSR count). The highest BCUT2D eigenvalue weighted by Gasteiger charge is 2.20. The lowest BCUT2D eigenvalue weighted by molar-refractivity contribution is -0.119. The smallest absolute Gasteiger partial charge is 0.339 e. The van der Waals surface area contributed by atoms with Gasteiger partial charge in [-0.1, -0.05) is 34.1 Å². The van der Waals surface area contributed by atoms with Gasteiger partial charge >= 0.3 is 5.97 Å². The van der Waals surface area contributed by atoms with Gasteiger partial charge in [-0.3, -0.25) is 9.59 Å². The van der Waals surface area contributed by atoms with E-state index >= 15 is 0 Å². The third-order valence-electron chi connectivity index (χ3n) is 4.52. The third kappa shape index (κ3) is 5.58. The number of halogens is 1. The number of carbonyl (C=O) groups excluding carboxylic acids is 3. The SMILES string of the molecule is COc1ccc(C(=O)c2ccccc2C(=O)OCC(=O)Nc2ccc(Br)c(C)c2)cc1. The van der Waals surface area contributed by atoms with E-state index in [0.29, 0.717) is 17.0 Å². The summed E-state index contributed by atoms with van der Waals surface area (Å²) in [5.74, 6) is -0.935. The summed E-state index contributed by atoms with van der Waals surface area (Å²) in [6.45, 7) is 1.43. The zero-order chi connectivity index (χ0) is 22.4. The summed E-state index contributed by atoms with van der Waals surface area (Å²) in [5.41, 5.74) is 2.25. The summed E-state index contributed by atoms with van der Waals surface area (Å²) in [5, 5.41) is 2.68. The number of rotatable bonds is 7. The summed E-state index contributed by atoms with van der Waals surface area (Å²) in [4.78, 5) is 37.6. The molecular weight excluding hydrogens is 462 g/mol. The van der Waals surface area contributed by atoms with Crippen molar-refractivity contribution in [1.29, 1.82) is 0 Å².